The van der Waals surface area contributed by atoms with Crippen molar-refractivity contribution < 1.29 is 23.1 Å². The molecular weight excluding hydrogens is 296 g/mol. The average Bonchev–Trinajstić information content (AvgIpc) is 2.82. The Balaban J connectivity index is 2.54. The number of carbonyl (C=O) groups is 2. The minimum absolute atomic E-state index is 0.0577. The normalized spacial score (nSPS) is 15.3. The van der Waals surface area contributed by atoms with Crippen molar-refractivity contribution in [1.29, 1.82) is 0 Å². The maximum atomic E-state index is 11.8. The minimum atomic E-state index is -3.52. The highest BCUT2D eigenvalue weighted by atomic mass is 32.2. The third-order valence-electron chi connectivity index (χ3n) is 3.40. The third kappa shape index (κ3) is 3.15. The van der Waals surface area contributed by atoms with E-state index in [0.29, 0.717) is 25.1 Å². The van der Waals surface area contributed by atoms with Gasteiger partial charge in [-0.05, 0) is 24.6 Å². The minimum Gasteiger partial charge on any atom is -0.478 e. The van der Waals surface area contributed by atoms with E-state index in [1.54, 1.807) is 0 Å². The highest BCUT2D eigenvalue weighted by Gasteiger charge is 2.24. The Morgan fingerprint density at radius 3 is 2.48 bits per heavy atom. The lowest BCUT2D eigenvalue weighted by Crippen LogP contribution is -2.27. The molecule has 21 heavy (non-hydrogen) atoms. The monoisotopic (exact) mass is 312 g/mol. The Labute approximate surface area is 122 Å². The molecule has 0 atom stereocenters. The fraction of sp³-hybridized carbons (Fsp3) is 0.385. The molecule has 1 aromatic rings. The summed E-state index contributed by atoms with van der Waals surface area (Å²) in [6.07, 6.45) is 2.14. The van der Waals surface area contributed by atoms with Gasteiger partial charge in [0.2, 0.25) is 15.9 Å². The second-order valence-electron chi connectivity index (χ2n) is 4.92. The fourth-order valence-electron chi connectivity index (χ4n) is 2.17. The van der Waals surface area contributed by atoms with Gasteiger partial charge in [0.15, 0.2) is 0 Å². The molecule has 1 aliphatic heterocycles. The van der Waals surface area contributed by atoms with Gasteiger partial charge < -0.3 is 10.0 Å². The summed E-state index contributed by atoms with van der Waals surface area (Å²) >= 11 is 0. The maximum absolute atomic E-state index is 11.8. The van der Waals surface area contributed by atoms with Crippen LogP contribution in [0.2, 0.25) is 0 Å². The Kier molecular flexibility index (Phi) is 3.91. The summed E-state index contributed by atoms with van der Waals surface area (Å²) in [6.45, 7) is 0.504. The summed E-state index contributed by atoms with van der Waals surface area (Å²) < 4.78 is 24.2. The number of hydrogen-bond donors (Lipinski definition) is 1. The summed E-state index contributed by atoms with van der Waals surface area (Å²) in [6, 6.07) is 4.16. The van der Waals surface area contributed by atoms with E-state index in [-0.39, 0.29) is 17.2 Å². The summed E-state index contributed by atoms with van der Waals surface area (Å²) in [7, 11) is -2.18. The molecule has 0 saturated carbocycles. The fourth-order valence-corrected chi connectivity index (χ4v) is 2.66. The molecule has 1 fully saturated rings. The molecule has 1 aromatic carbocycles. The quantitative estimate of drug-likeness (QED) is 0.891. The van der Waals surface area contributed by atoms with Crippen molar-refractivity contribution in [1.82, 2.24) is 0 Å². The van der Waals surface area contributed by atoms with Crippen molar-refractivity contribution in [2.24, 2.45) is 0 Å². The van der Waals surface area contributed by atoms with Gasteiger partial charge in [-0.25, -0.2) is 13.2 Å². The number of rotatable bonds is 4. The lowest BCUT2D eigenvalue weighted by molar-refractivity contribution is -0.117. The molecule has 0 spiro atoms. The SMILES string of the molecule is CN(c1cc(C(=O)O)cc(N2CCCC2=O)c1)S(C)(=O)=O. The van der Waals surface area contributed by atoms with Crippen LogP contribution in [0.25, 0.3) is 0 Å². The predicted molar refractivity (Wildman–Crippen MR) is 78.2 cm³/mol. The zero-order valence-corrected chi connectivity index (χ0v) is 12.6. The molecule has 0 radical (unpaired) electrons. The lowest BCUT2D eigenvalue weighted by atomic mass is 10.1. The van der Waals surface area contributed by atoms with Crippen molar-refractivity contribution in [3.63, 3.8) is 0 Å². The first kappa shape index (κ1) is 15.3. The summed E-state index contributed by atoms with van der Waals surface area (Å²) in [5.41, 5.74) is 0.563. The standard InChI is InChI=1S/C13H16N2O5S/c1-14(21(2,19)20)10-6-9(13(17)18)7-11(8-10)15-5-3-4-12(15)16/h6-8H,3-5H2,1-2H3,(H,17,18). The van der Waals surface area contributed by atoms with Crippen LogP contribution in [0.3, 0.4) is 0 Å². The predicted octanol–water partition coefficient (Wildman–Crippen LogP) is 0.907. The lowest BCUT2D eigenvalue weighted by Gasteiger charge is -2.21. The van der Waals surface area contributed by atoms with Crippen LogP contribution in [0.1, 0.15) is 23.2 Å². The molecule has 1 amide bonds. The molecular formula is C13H16N2O5S. The van der Waals surface area contributed by atoms with Gasteiger partial charge in [-0.1, -0.05) is 0 Å². The first-order valence-corrected chi connectivity index (χ1v) is 8.17. The van der Waals surface area contributed by atoms with Crippen LogP contribution in [-0.4, -0.2) is 45.2 Å². The number of carboxylic acids is 1. The first-order valence-electron chi connectivity index (χ1n) is 6.33. The van der Waals surface area contributed by atoms with Crippen molar-refractivity contribution in [3.05, 3.63) is 23.8 Å². The van der Waals surface area contributed by atoms with Crippen LogP contribution in [0.15, 0.2) is 18.2 Å². The summed E-state index contributed by atoms with van der Waals surface area (Å²) in [5.74, 6) is -1.27. The first-order chi connectivity index (χ1) is 9.70. The van der Waals surface area contributed by atoms with E-state index in [2.05, 4.69) is 0 Å². The van der Waals surface area contributed by atoms with Crippen molar-refractivity contribution in [3.8, 4) is 0 Å². The molecule has 0 aliphatic carbocycles. The molecule has 8 heteroatoms. The van der Waals surface area contributed by atoms with Gasteiger partial charge in [0.25, 0.3) is 0 Å². The highest BCUT2D eigenvalue weighted by molar-refractivity contribution is 7.92. The number of carboxylic acid groups (broad SMARTS) is 1. The molecule has 0 unspecified atom stereocenters. The Morgan fingerprint density at radius 1 is 1.33 bits per heavy atom. The largest absolute Gasteiger partial charge is 0.478 e. The van der Waals surface area contributed by atoms with E-state index < -0.39 is 16.0 Å². The van der Waals surface area contributed by atoms with Crippen LogP contribution < -0.4 is 9.21 Å². The van der Waals surface area contributed by atoms with Gasteiger partial charge in [-0.2, -0.15) is 0 Å². The van der Waals surface area contributed by atoms with Crippen molar-refractivity contribution in [2.75, 3.05) is 29.1 Å². The van der Waals surface area contributed by atoms with E-state index in [1.165, 1.54) is 30.1 Å². The van der Waals surface area contributed by atoms with E-state index >= 15 is 0 Å². The zero-order valence-electron chi connectivity index (χ0n) is 11.7. The molecule has 2 rings (SSSR count). The number of anilines is 2. The van der Waals surface area contributed by atoms with Crippen LogP contribution in [0.4, 0.5) is 11.4 Å². The molecule has 1 heterocycles. The number of carbonyl (C=O) groups excluding carboxylic acids is 1. The van der Waals surface area contributed by atoms with Crippen LogP contribution in [0.5, 0.6) is 0 Å². The smallest absolute Gasteiger partial charge is 0.335 e. The van der Waals surface area contributed by atoms with Crippen LogP contribution >= 0.6 is 0 Å². The number of nitrogens with zero attached hydrogens (tertiary/aromatic N) is 2. The Bertz CT molecular complexity index is 699. The molecule has 1 saturated heterocycles. The molecule has 0 aromatic heterocycles. The van der Waals surface area contributed by atoms with Gasteiger partial charge in [0, 0.05) is 25.7 Å². The molecule has 1 N–H and O–H groups in total. The van der Waals surface area contributed by atoms with Gasteiger partial charge in [0.1, 0.15) is 0 Å². The zero-order chi connectivity index (χ0) is 15.8. The van der Waals surface area contributed by atoms with Crippen LogP contribution in [0, 0.1) is 0 Å². The van der Waals surface area contributed by atoms with E-state index in [9.17, 15) is 18.0 Å². The van der Waals surface area contributed by atoms with Crippen molar-refractivity contribution >= 4 is 33.3 Å². The van der Waals surface area contributed by atoms with E-state index in [4.69, 9.17) is 5.11 Å². The van der Waals surface area contributed by atoms with Gasteiger partial charge >= 0.3 is 5.97 Å². The van der Waals surface area contributed by atoms with E-state index in [0.717, 1.165) is 10.6 Å². The number of hydrogen-bond acceptors (Lipinski definition) is 4. The third-order valence-corrected chi connectivity index (χ3v) is 4.60. The Morgan fingerprint density at radius 2 is 2.00 bits per heavy atom. The van der Waals surface area contributed by atoms with Gasteiger partial charge in [-0.3, -0.25) is 9.10 Å². The van der Waals surface area contributed by atoms with Crippen molar-refractivity contribution in [2.45, 2.75) is 12.8 Å². The van der Waals surface area contributed by atoms with Gasteiger partial charge in [-0.15, -0.1) is 0 Å². The number of amides is 1. The molecule has 0 bridgehead atoms. The number of sulfonamides is 1. The highest BCUT2D eigenvalue weighted by Crippen LogP contribution is 2.28. The molecule has 114 valence electrons. The van der Waals surface area contributed by atoms with E-state index in [1.807, 2.05) is 0 Å². The topological polar surface area (TPSA) is 95.0 Å². The van der Waals surface area contributed by atoms with Gasteiger partial charge in [0.05, 0.1) is 17.5 Å². The molecule has 1 aliphatic rings. The summed E-state index contributed by atoms with van der Waals surface area (Å²) in [4.78, 5) is 24.5. The Hall–Kier alpha value is -2.09. The number of aromatic carboxylic acids is 1. The molecule has 7 nitrogen and oxygen atoms in total. The number of benzene rings is 1. The second kappa shape index (κ2) is 5.36. The van der Waals surface area contributed by atoms with Crippen LogP contribution in [-0.2, 0) is 14.8 Å². The maximum Gasteiger partial charge on any atom is 0.335 e. The average molecular weight is 312 g/mol. The second-order valence-corrected chi connectivity index (χ2v) is 6.94. The summed E-state index contributed by atoms with van der Waals surface area (Å²) in [5, 5.41) is 9.16.